The molecule has 4 heteroatoms. The second-order valence-electron chi connectivity index (χ2n) is 3.72. The van der Waals surface area contributed by atoms with Gasteiger partial charge in [-0.3, -0.25) is 4.40 Å². The van der Waals surface area contributed by atoms with E-state index in [1.54, 1.807) is 6.20 Å². The Morgan fingerprint density at radius 3 is 2.88 bits per heavy atom. The summed E-state index contributed by atoms with van der Waals surface area (Å²) >= 11 is 0. The first-order valence-electron chi connectivity index (χ1n) is 5.46. The van der Waals surface area contributed by atoms with E-state index in [9.17, 15) is 0 Å². The van der Waals surface area contributed by atoms with E-state index in [4.69, 9.17) is 0 Å². The first-order valence-corrected chi connectivity index (χ1v) is 5.46. The number of rotatable bonds is 2. The lowest BCUT2D eigenvalue weighted by atomic mass is 10.2. The molecule has 0 unspecified atom stereocenters. The van der Waals surface area contributed by atoms with Gasteiger partial charge < -0.3 is 5.32 Å². The molecule has 0 saturated heterocycles. The summed E-state index contributed by atoms with van der Waals surface area (Å²) in [6, 6.07) is 11.9. The summed E-state index contributed by atoms with van der Waals surface area (Å²) in [5.74, 6) is 0.861. The maximum absolute atomic E-state index is 4.53. The van der Waals surface area contributed by atoms with Crippen LogP contribution in [0.2, 0.25) is 0 Å². The van der Waals surface area contributed by atoms with Crippen molar-refractivity contribution in [3.8, 4) is 11.4 Å². The topological polar surface area (TPSA) is 42.2 Å². The van der Waals surface area contributed by atoms with Gasteiger partial charge >= 0.3 is 0 Å². The van der Waals surface area contributed by atoms with E-state index in [1.165, 1.54) is 0 Å². The molecular weight excluding hydrogens is 212 g/mol. The quantitative estimate of drug-likeness (QED) is 0.727. The Kier molecular flexibility index (Phi) is 2.26. The first kappa shape index (κ1) is 9.84. The molecule has 4 nitrogen and oxygen atoms in total. The highest BCUT2D eigenvalue weighted by molar-refractivity contribution is 5.61. The summed E-state index contributed by atoms with van der Waals surface area (Å²) in [4.78, 5) is 8.80. The van der Waals surface area contributed by atoms with Gasteiger partial charge in [-0.1, -0.05) is 12.1 Å². The van der Waals surface area contributed by atoms with E-state index in [1.807, 2.05) is 54.0 Å². The molecule has 0 amide bonds. The smallest absolute Gasteiger partial charge is 0.137 e. The summed E-state index contributed by atoms with van der Waals surface area (Å²) < 4.78 is 2.03. The van der Waals surface area contributed by atoms with Gasteiger partial charge in [0.1, 0.15) is 11.5 Å². The van der Waals surface area contributed by atoms with Crippen LogP contribution in [-0.2, 0) is 0 Å². The Hall–Kier alpha value is -2.36. The van der Waals surface area contributed by atoms with E-state index in [0.717, 1.165) is 22.9 Å². The minimum Gasteiger partial charge on any atom is -0.373 e. The van der Waals surface area contributed by atoms with E-state index < -0.39 is 0 Å². The average molecular weight is 224 g/mol. The van der Waals surface area contributed by atoms with Crippen LogP contribution in [0.25, 0.3) is 17.0 Å². The van der Waals surface area contributed by atoms with Gasteiger partial charge in [0.2, 0.25) is 0 Å². The van der Waals surface area contributed by atoms with Gasteiger partial charge in [0.15, 0.2) is 0 Å². The molecule has 0 aliphatic rings. The third kappa shape index (κ3) is 1.63. The van der Waals surface area contributed by atoms with Crippen LogP contribution in [0.5, 0.6) is 0 Å². The molecule has 3 rings (SSSR count). The molecular formula is C13H12N4. The molecule has 0 fully saturated rings. The SMILES string of the molecule is CNc1cccc(-c2cccc3nccn23)n1. The Balaban J connectivity index is 2.23. The number of imidazole rings is 1. The first-order chi connectivity index (χ1) is 8.38. The summed E-state index contributed by atoms with van der Waals surface area (Å²) in [5, 5.41) is 3.04. The summed E-state index contributed by atoms with van der Waals surface area (Å²) in [7, 11) is 1.86. The number of fused-ring (bicyclic) bond motifs is 1. The van der Waals surface area contributed by atoms with Crippen molar-refractivity contribution in [3.05, 3.63) is 48.8 Å². The highest BCUT2D eigenvalue weighted by Gasteiger charge is 2.04. The minimum absolute atomic E-state index is 0.861. The van der Waals surface area contributed by atoms with Crippen LogP contribution in [0.3, 0.4) is 0 Å². The van der Waals surface area contributed by atoms with E-state index >= 15 is 0 Å². The van der Waals surface area contributed by atoms with Crippen molar-refractivity contribution in [3.63, 3.8) is 0 Å². The van der Waals surface area contributed by atoms with Crippen molar-refractivity contribution in [2.45, 2.75) is 0 Å². The predicted molar refractivity (Wildman–Crippen MR) is 68.0 cm³/mol. The molecule has 3 heterocycles. The second kappa shape index (κ2) is 3.90. The van der Waals surface area contributed by atoms with Crippen LogP contribution in [0.4, 0.5) is 5.82 Å². The Bertz CT molecular complexity index is 657. The molecule has 3 aromatic rings. The lowest BCUT2D eigenvalue weighted by molar-refractivity contribution is 1.16. The zero-order valence-corrected chi connectivity index (χ0v) is 9.46. The van der Waals surface area contributed by atoms with Gasteiger partial charge in [0.05, 0.1) is 11.4 Å². The molecule has 1 N–H and O–H groups in total. The Morgan fingerprint density at radius 2 is 2.00 bits per heavy atom. The molecule has 0 saturated carbocycles. The molecule has 3 aromatic heterocycles. The number of pyridine rings is 2. The number of anilines is 1. The van der Waals surface area contributed by atoms with E-state index in [0.29, 0.717) is 0 Å². The van der Waals surface area contributed by atoms with Crippen molar-refractivity contribution in [2.24, 2.45) is 0 Å². The average Bonchev–Trinajstić information content (AvgIpc) is 2.87. The van der Waals surface area contributed by atoms with Crippen molar-refractivity contribution < 1.29 is 0 Å². The van der Waals surface area contributed by atoms with Crippen LogP contribution in [-0.4, -0.2) is 21.4 Å². The third-order valence-electron chi connectivity index (χ3n) is 2.70. The predicted octanol–water partition coefficient (Wildman–Crippen LogP) is 2.44. The number of aromatic nitrogens is 3. The summed E-state index contributed by atoms with van der Waals surface area (Å²) in [5.41, 5.74) is 2.90. The Morgan fingerprint density at radius 1 is 1.12 bits per heavy atom. The van der Waals surface area contributed by atoms with E-state index in [2.05, 4.69) is 15.3 Å². The maximum atomic E-state index is 4.53. The van der Waals surface area contributed by atoms with Crippen molar-refractivity contribution in [1.82, 2.24) is 14.4 Å². The van der Waals surface area contributed by atoms with Gasteiger partial charge in [-0.25, -0.2) is 9.97 Å². The normalized spacial score (nSPS) is 10.6. The molecule has 0 atom stereocenters. The molecule has 0 aliphatic heterocycles. The fourth-order valence-electron chi connectivity index (χ4n) is 1.87. The monoisotopic (exact) mass is 224 g/mol. The van der Waals surface area contributed by atoms with Gasteiger partial charge in [-0.05, 0) is 24.3 Å². The van der Waals surface area contributed by atoms with Crippen LogP contribution in [0.15, 0.2) is 48.8 Å². The van der Waals surface area contributed by atoms with Crippen LogP contribution in [0, 0.1) is 0 Å². The number of hydrogen-bond donors (Lipinski definition) is 1. The molecule has 0 spiro atoms. The van der Waals surface area contributed by atoms with Crippen molar-refractivity contribution in [1.29, 1.82) is 0 Å². The zero-order chi connectivity index (χ0) is 11.7. The van der Waals surface area contributed by atoms with E-state index in [-0.39, 0.29) is 0 Å². The summed E-state index contributed by atoms with van der Waals surface area (Å²) in [6.45, 7) is 0. The number of hydrogen-bond acceptors (Lipinski definition) is 3. The van der Waals surface area contributed by atoms with Crippen LogP contribution >= 0.6 is 0 Å². The molecule has 0 radical (unpaired) electrons. The fraction of sp³-hybridized carbons (Fsp3) is 0.0769. The lowest BCUT2D eigenvalue weighted by Crippen LogP contribution is -1.96. The van der Waals surface area contributed by atoms with Crippen molar-refractivity contribution in [2.75, 3.05) is 12.4 Å². The minimum atomic E-state index is 0.861. The van der Waals surface area contributed by atoms with Gasteiger partial charge in [0.25, 0.3) is 0 Å². The molecule has 84 valence electrons. The van der Waals surface area contributed by atoms with Gasteiger partial charge in [-0.15, -0.1) is 0 Å². The van der Waals surface area contributed by atoms with Crippen LogP contribution < -0.4 is 5.32 Å². The van der Waals surface area contributed by atoms with Gasteiger partial charge in [0, 0.05) is 19.4 Å². The van der Waals surface area contributed by atoms with Crippen molar-refractivity contribution >= 4 is 11.5 Å². The highest BCUT2D eigenvalue weighted by atomic mass is 15.0. The fourth-order valence-corrected chi connectivity index (χ4v) is 1.87. The molecule has 0 bridgehead atoms. The largest absolute Gasteiger partial charge is 0.373 e. The summed E-state index contributed by atoms with van der Waals surface area (Å²) in [6.07, 6.45) is 3.74. The third-order valence-corrected chi connectivity index (χ3v) is 2.70. The maximum Gasteiger partial charge on any atom is 0.137 e. The molecule has 0 aromatic carbocycles. The second-order valence-corrected chi connectivity index (χ2v) is 3.72. The molecule has 0 aliphatic carbocycles. The molecule has 17 heavy (non-hydrogen) atoms. The highest BCUT2D eigenvalue weighted by Crippen LogP contribution is 2.19. The standard InChI is InChI=1S/C13H12N4/c1-14-12-6-2-4-10(16-12)11-5-3-7-13-15-8-9-17(11)13/h2-9H,1H3,(H,14,16). The Labute approximate surface area is 99.0 Å². The zero-order valence-electron chi connectivity index (χ0n) is 9.46. The van der Waals surface area contributed by atoms with Gasteiger partial charge in [-0.2, -0.15) is 0 Å². The number of nitrogens with one attached hydrogen (secondary N) is 1. The van der Waals surface area contributed by atoms with Crippen LogP contribution in [0.1, 0.15) is 0 Å². The lowest BCUT2D eigenvalue weighted by Gasteiger charge is -2.06. The number of nitrogens with zero attached hydrogens (tertiary/aromatic N) is 3.